The van der Waals surface area contributed by atoms with E-state index in [0.29, 0.717) is 11.7 Å². The molecule has 3 nitrogen and oxygen atoms in total. The maximum Gasteiger partial charge on any atom is 0.232 e. The zero-order valence-corrected chi connectivity index (χ0v) is 13.8. The first kappa shape index (κ1) is 16.4. The van der Waals surface area contributed by atoms with Crippen molar-refractivity contribution in [3.63, 3.8) is 0 Å². The molecule has 1 aromatic rings. The Morgan fingerprint density at radius 1 is 1.43 bits per heavy atom. The molecule has 0 bridgehead atoms. The van der Waals surface area contributed by atoms with Gasteiger partial charge in [-0.25, -0.2) is 0 Å². The zero-order valence-electron chi connectivity index (χ0n) is 13.0. The number of piperidine rings is 1. The number of carbonyl (C=O) groups is 1. The van der Waals surface area contributed by atoms with Crippen molar-refractivity contribution in [3.8, 4) is 0 Å². The molecular formula is C17H25NO2S. The third-order valence-corrected chi connectivity index (χ3v) is 5.25. The van der Waals surface area contributed by atoms with Gasteiger partial charge in [0.25, 0.3) is 0 Å². The number of carbonyl (C=O) groups excluding carboxylic acids is 1. The Balaban J connectivity index is 1.88. The summed E-state index contributed by atoms with van der Waals surface area (Å²) in [7, 11) is 0. The fraction of sp³-hybridized carbons (Fsp3) is 0.588. The van der Waals surface area contributed by atoms with Crippen LogP contribution in [-0.4, -0.2) is 41.4 Å². The van der Waals surface area contributed by atoms with Gasteiger partial charge in [0.1, 0.15) is 0 Å². The second-order valence-corrected chi connectivity index (χ2v) is 6.94. The van der Waals surface area contributed by atoms with E-state index < -0.39 is 0 Å². The first-order valence-corrected chi connectivity index (χ1v) is 8.67. The lowest BCUT2D eigenvalue weighted by Gasteiger charge is -2.32. The SMILES string of the molecule is Cc1ccc(C)c(SCC(=O)N2CCCC(CCO)C2)c1. The van der Waals surface area contributed by atoms with Crippen molar-refractivity contribution in [1.29, 1.82) is 0 Å². The summed E-state index contributed by atoms with van der Waals surface area (Å²) in [5.41, 5.74) is 2.46. The van der Waals surface area contributed by atoms with Gasteiger partial charge in [0.2, 0.25) is 5.91 Å². The summed E-state index contributed by atoms with van der Waals surface area (Å²) in [6.45, 7) is 6.07. The Morgan fingerprint density at radius 3 is 3.00 bits per heavy atom. The molecule has 21 heavy (non-hydrogen) atoms. The molecule has 0 saturated carbocycles. The lowest BCUT2D eigenvalue weighted by Crippen LogP contribution is -2.41. The van der Waals surface area contributed by atoms with E-state index in [-0.39, 0.29) is 12.5 Å². The normalized spacial score (nSPS) is 18.8. The number of hydrogen-bond donors (Lipinski definition) is 1. The number of aliphatic hydroxyl groups excluding tert-OH is 1. The van der Waals surface area contributed by atoms with Gasteiger partial charge in [-0.05, 0) is 50.7 Å². The number of nitrogens with zero attached hydrogens (tertiary/aromatic N) is 1. The van der Waals surface area contributed by atoms with Crippen LogP contribution in [0.25, 0.3) is 0 Å². The second-order valence-electron chi connectivity index (χ2n) is 5.92. The Kier molecular flexibility index (Phi) is 6.12. The van der Waals surface area contributed by atoms with Crippen LogP contribution in [0.15, 0.2) is 23.1 Å². The fourth-order valence-corrected chi connectivity index (χ4v) is 3.83. The van der Waals surface area contributed by atoms with Gasteiger partial charge < -0.3 is 10.0 Å². The summed E-state index contributed by atoms with van der Waals surface area (Å²) in [5, 5.41) is 9.04. The molecule has 1 aromatic carbocycles. The monoisotopic (exact) mass is 307 g/mol. The summed E-state index contributed by atoms with van der Waals surface area (Å²) in [6, 6.07) is 6.36. The van der Waals surface area contributed by atoms with Crippen LogP contribution < -0.4 is 0 Å². The van der Waals surface area contributed by atoms with Crippen LogP contribution in [0, 0.1) is 19.8 Å². The van der Waals surface area contributed by atoms with Gasteiger partial charge in [0.05, 0.1) is 5.75 Å². The van der Waals surface area contributed by atoms with Crippen molar-refractivity contribution < 1.29 is 9.90 Å². The fourth-order valence-electron chi connectivity index (χ4n) is 2.80. The maximum absolute atomic E-state index is 12.4. The van der Waals surface area contributed by atoms with Crippen molar-refractivity contribution in [2.75, 3.05) is 25.4 Å². The third-order valence-electron chi connectivity index (χ3n) is 4.10. The predicted molar refractivity (Wildman–Crippen MR) is 87.6 cm³/mol. The molecule has 0 aliphatic carbocycles. The highest BCUT2D eigenvalue weighted by molar-refractivity contribution is 8.00. The largest absolute Gasteiger partial charge is 0.396 e. The van der Waals surface area contributed by atoms with E-state index >= 15 is 0 Å². The minimum absolute atomic E-state index is 0.226. The number of thioether (sulfide) groups is 1. The summed E-state index contributed by atoms with van der Waals surface area (Å²) >= 11 is 1.64. The Hall–Kier alpha value is -1.00. The van der Waals surface area contributed by atoms with Gasteiger partial charge in [-0.15, -0.1) is 11.8 Å². The quantitative estimate of drug-likeness (QED) is 0.850. The van der Waals surface area contributed by atoms with Crippen molar-refractivity contribution in [2.45, 2.75) is 38.0 Å². The van der Waals surface area contributed by atoms with Crippen LogP contribution in [0.2, 0.25) is 0 Å². The van der Waals surface area contributed by atoms with E-state index in [1.165, 1.54) is 16.0 Å². The van der Waals surface area contributed by atoms with Gasteiger partial charge in [-0.1, -0.05) is 17.7 Å². The lowest BCUT2D eigenvalue weighted by atomic mass is 9.95. The smallest absolute Gasteiger partial charge is 0.232 e. The number of rotatable bonds is 5. The highest BCUT2D eigenvalue weighted by Gasteiger charge is 2.23. The zero-order chi connectivity index (χ0) is 15.2. The summed E-state index contributed by atoms with van der Waals surface area (Å²) in [4.78, 5) is 15.5. The average molecular weight is 307 g/mol. The molecule has 1 fully saturated rings. The number of amides is 1. The van der Waals surface area contributed by atoms with Gasteiger partial charge in [0, 0.05) is 24.6 Å². The molecule has 1 atom stereocenters. The molecule has 2 rings (SSSR count). The number of aliphatic hydroxyl groups is 1. The van der Waals surface area contributed by atoms with E-state index in [1.54, 1.807) is 11.8 Å². The molecule has 0 spiro atoms. The van der Waals surface area contributed by atoms with Crippen LogP contribution in [-0.2, 0) is 4.79 Å². The topological polar surface area (TPSA) is 40.5 Å². The van der Waals surface area contributed by atoms with Crippen LogP contribution in [0.5, 0.6) is 0 Å². The Morgan fingerprint density at radius 2 is 2.24 bits per heavy atom. The molecule has 1 N–H and O–H groups in total. The molecule has 1 unspecified atom stereocenters. The maximum atomic E-state index is 12.4. The molecule has 0 radical (unpaired) electrons. The molecule has 1 saturated heterocycles. The molecule has 4 heteroatoms. The van der Waals surface area contributed by atoms with Gasteiger partial charge in [-0.3, -0.25) is 4.79 Å². The molecular weight excluding hydrogens is 282 g/mol. The number of hydrogen-bond acceptors (Lipinski definition) is 3. The number of benzene rings is 1. The van der Waals surface area contributed by atoms with E-state index in [2.05, 4.69) is 32.0 Å². The summed E-state index contributed by atoms with van der Waals surface area (Å²) in [6.07, 6.45) is 3.01. The highest BCUT2D eigenvalue weighted by atomic mass is 32.2. The lowest BCUT2D eigenvalue weighted by molar-refractivity contribution is -0.130. The molecule has 1 aliphatic heterocycles. The standard InChI is InChI=1S/C17H25NO2S/c1-13-5-6-14(2)16(10-13)21-12-17(20)18-8-3-4-15(11-18)7-9-19/h5-6,10,15,19H,3-4,7-9,11-12H2,1-2H3. The van der Waals surface area contributed by atoms with Crippen molar-refractivity contribution in [1.82, 2.24) is 4.90 Å². The van der Waals surface area contributed by atoms with Gasteiger partial charge >= 0.3 is 0 Å². The Bertz CT molecular complexity index is 488. The van der Waals surface area contributed by atoms with Gasteiger partial charge in [-0.2, -0.15) is 0 Å². The minimum Gasteiger partial charge on any atom is -0.396 e. The molecule has 0 aromatic heterocycles. The highest BCUT2D eigenvalue weighted by Crippen LogP contribution is 2.25. The van der Waals surface area contributed by atoms with E-state index in [4.69, 9.17) is 5.11 Å². The summed E-state index contributed by atoms with van der Waals surface area (Å²) < 4.78 is 0. The van der Waals surface area contributed by atoms with E-state index in [0.717, 1.165) is 32.4 Å². The number of likely N-dealkylation sites (tertiary alicyclic amines) is 1. The van der Waals surface area contributed by atoms with E-state index in [1.807, 2.05) is 4.90 Å². The van der Waals surface area contributed by atoms with Gasteiger partial charge in [0.15, 0.2) is 0 Å². The molecule has 1 amide bonds. The van der Waals surface area contributed by atoms with Crippen LogP contribution in [0.4, 0.5) is 0 Å². The molecule has 1 heterocycles. The average Bonchev–Trinajstić information content (AvgIpc) is 2.48. The predicted octanol–water partition coefficient (Wildman–Crippen LogP) is 3.02. The first-order chi connectivity index (χ1) is 10.1. The first-order valence-electron chi connectivity index (χ1n) is 7.69. The van der Waals surface area contributed by atoms with Crippen LogP contribution in [0.1, 0.15) is 30.4 Å². The third kappa shape index (κ3) is 4.75. The van der Waals surface area contributed by atoms with E-state index in [9.17, 15) is 4.79 Å². The molecule has 1 aliphatic rings. The summed E-state index contributed by atoms with van der Waals surface area (Å²) in [5.74, 6) is 1.21. The van der Waals surface area contributed by atoms with Crippen molar-refractivity contribution in [3.05, 3.63) is 29.3 Å². The number of aryl methyl sites for hydroxylation is 2. The van der Waals surface area contributed by atoms with Crippen molar-refractivity contribution >= 4 is 17.7 Å². The van der Waals surface area contributed by atoms with Crippen LogP contribution in [0.3, 0.4) is 0 Å². The Labute approximate surface area is 131 Å². The minimum atomic E-state index is 0.226. The second kappa shape index (κ2) is 7.85. The van der Waals surface area contributed by atoms with Crippen LogP contribution >= 0.6 is 11.8 Å². The molecule has 116 valence electrons. The van der Waals surface area contributed by atoms with Crippen molar-refractivity contribution in [2.24, 2.45) is 5.92 Å².